The number of aromatic nitrogens is 2. The summed E-state index contributed by atoms with van der Waals surface area (Å²) in [6.07, 6.45) is 11.3. The smallest absolute Gasteiger partial charge is 0.0771 e. The van der Waals surface area contributed by atoms with Crippen LogP contribution in [0.1, 0.15) is 38.5 Å². The van der Waals surface area contributed by atoms with E-state index in [-0.39, 0.29) is 0 Å². The topological polar surface area (TPSA) is 65.1 Å². The Morgan fingerprint density at radius 1 is 1.37 bits per heavy atom. The zero-order valence-corrected chi connectivity index (χ0v) is 11.4. The van der Waals surface area contributed by atoms with E-state index in [0.29, 0.717) is 18.2 Å². The summed E-state index contributed by atoms with van der Waals surface area (Å²) in [4.78, 5) is 0. The molecule has 3 rings (SSSR count). The third kappa shape index (κ3) is 3.48. The Bertz CT molecular complexity index is 400. The summed E-state index contributed by atoms with van der Waals surface area (Å²) in [5, 5.41) is 7.96. The minimum absolute atomic E-state index is 0.343. The lowest BCUT2D eigenvalue weighted by Gasteiger charge is -2.27. The molecule has 3 atom stereocenters. The summed E-state index contributed by atoms with van der Waals surface area (Å²) < 4.78 is 7.62. The number of nitrogens with one attached hydrogen (secondary N) is 1. The molecule has 1 aromatic rings. The molecule has 5 heteroatoms. The highest BCUT2D eigenvalue weighted by Gasteiger charge is 2.20. The normalized spacial score (nSPS) is 31.5. The third-order valence-corrected chi connectivity index (χ3v) is 4.13. The molecule has 3 unspecified atom stereocenters. The van der Waals surface area contributed by atoms with Crippen molar-refractivity contribution in [2.45, 2.75) is 63.3 Å². The predicted molar refractivity (Wildman–Crippen MR) is 75.1 cm³/mol. The molecule has 2 aliphatic rings. The molecule has 2 heterocycles. The van der Waals surface area contributed by atoms with Gasteiger partial charge in [-0.15, -0.1) is 0 Å². The first-order valence-electron chi connectivity index (χ1n) is 7.46. The molecular formula is C14H24N4O. The second-order valence-corrected chi connectivity index (χ2v) is 5.85. The van der Waals surface area contributed by atoms with Gasteiger partial charge in [0.25, 0.3) is 0 Å². The van der Waals surface area contributed by atoms with Crippen molar-refractivity contribution >= 4 is 5.69 Å². The van der Waals surface area contributed by atoms with Crippen LogP contribution in [0.15, 0.2) is 12.4 Å². The predicted octanol–water partition coefficient (Wildman–Crippen LogP) is 1.74. The molecule has 1 aliphatic heterocycles. The van der Waals surface area contributed by atoms with Gasteiger partial charge in [-0.25, -0.2) is 0 Å². The summed E-state index contributed by atoms with van der Waals surface area (Å²) in [7, 11) is 0. The van der Waals surface area contributed by atoms with Crippen molar-refractivity contribution in [3.05, 3.63) is 12.4 Å². The molecule has 0 spiro atoms. The van der Waals surface area contributed by atoms with E-state index in [9.17, 15) is 0 Å². The Hall–Kier alpha value is -1.07. The molecule has 3 N–H and O–H groups in total. The van der Waals surface area contributed by atoms with Gasteiger partial charge in [0, 0.05) is 24.9 Å². The van der Waals surface area contributed by atoms with E-state index in [1.807, 2.05) is 10.9 Å². The van der Waals surface area contributed by atoms with E-state index in [1.54, 1.807) is 0 Å². The first-order valence-corrected chi connectivity index (χ1v) is 7.46. The molecule has 1 aromatic heterocycles. The quantitative estimate of drug-likeness (QED) is 0.869. The lowest BCUT2D eigenvalue weighted by atomic mass is 9.91. The van der Waals surface area contributed by atoms with Gasteiger partial charge in [0.05, 0.1) is 24.5 Å². The van der Waals surface area contributed by atoms with Crippen molar-refractivity contribution in [3.8, 4) is 0 Å². The van der Waals surface area contributed by atoms with Crippen LogP contribution in [0.2, 0.25) is 0 Å². The number of nitrogens with zero attached hydrogens (tertiary/aromatic N) is 2. The largest absolute Gasteiger partial charge is 0.380 e. The van der Waals surface area contributed by atoms with Crippen LogP contribution in [-0.4, -0.2) is 34.6 Å². The Morgan fingerprint density at radius 3 is 3.11 bits per heavy atom. The van der Waals surface area contributed by atoms with Gasteiger partial charge in [0.1, 0.15) is 0 Å². The van der Waals surface area contributed by atoms with Crippen LogP contribution in [0.25, 0.3) is 0 Å². The van der Waals surface area contributed by atoms with Crippen molar-refractivity contribution in [1.82, 2.24) is 9.78 Å². The van der Waals surface area contributed by atoms with Crippen LogP contribution in [0.4, 0.5) is 5.69 Å². The van der Waals surface area contributed by atoms with E-state index in [4.69, 9.17) is 10.5 Å². The van der Waals surface area contributed by atoms with E-state index >= 15 is 0 Å². The van der Waals surface area contributed by atoms with Gasteiger partial charge in [-0.2, -0.15) is 5.10 Å². The van der Waals surface area contributed by atoms with E-state index in [1.165, 1.54) is 19.3 Å². The zero-order chi connectivity index (χ0) is 13.1. The lowest BCUT2D eigenvalue weighted by Crippen LogP contribution is -2.34. The molecule has 0 amide bonds. The van der Waals surface area contributed by atoms with Gasteiger partial charge < -0.3 is 15.8 Å². The van der Waals surface area contributed by atoms with Gasteiger partial charge in [0.15, 0.2) is 0 Å². The maximum absolute atomic E-state index is 6.02. The van der Waals surface area contributed by atoms with Gasteiger partial charge >= 0.3 is 0 Å². The van der Waals surface area contributed by atoms with Crippen molar-refractivity contribution in [2.75, 3.05) is 11.9 Å². The summed E-state index contributed by atoms with van der Waals surface area (Å²) >= 11 is 0. The highest BCUT2D eigenvalue weighted by atomic mass is 16.5. The highest BCUT2D eigenvalue weighted by molar-refractivity contribution is 5.39. The van der Waals surface area contributed by atoms with E-state index in [2.05, 4.69) is 16.6 Å². The first-order chi connectivity index (χ1) is 9.29. The fraction of sp³-hybridized carbons (Fsp3) is 0.786. The second-order valence-electron chi connectivity index (χ2n) is 5.85. The van der Waals surface area contributed by atoms with Crippen LogP contribution in [-0.2, 0) is 11.3 Å². The van der Waals surface area contributed by atoms with E-state index in [0.717, 1.165) is 38.1 Å². The number of nitrogens with two attached hydrogens (primary N) is 1. The summed E-state index contributed by atoms with van der Waals surface area (Å²) in [6.45, 7) is 1.77. The molecule has 1 aliphatic carbocycles. The van der Waals surface area contributed by atoms with Crippen molar-refractivity contribution in [2.24, 2.45) is 5.73 Å². The minimum atomic E-state index is 0.343. The molecule has 1 saturated heterocycles. The van der Waals surface area contributed by atoms with Gasteiger partial charge in [-0.05, 0) is 38.5 Å². The summed E-state index contributed by atoms with van der Waals surface area (Å²) in [5.41, 5.74) is 7.12. The highest BCUT2D eigenvalue weighted by Crippen LogP contribution is 2.21. The number of ether oxygens (including phenoxy) is 1. The van der Waals surface area contributed by atoms with Gasteiger partial charge in [0.2, 0.25) is 0 Å². The van der Waals surface area contributed by atoms with Gasteiger partial charge in [-0.3, -0.25) is 4.68 Å². The Labute approximate surface area is 114 Å². The van der Waals surface area contributed by atoms with Crippen molar-refractivity contribution < 1.29 is 4.74 Å². The van der Waals surface area contributed by atoms with Crippen LogP contribution in [0.5, 0.6) is 0 Å². The maximum Gasteiger partial charge on any atom is 0.0771 e. The van der Waals surface area contributed by atoms with Crippen LogP contribution >= 0.6 is 0 Å². The third-order valence-electron chi connectivity index (χ3n) is 4.13. The van der Waals surface area contributed by atoms with Crippen molar-refractivity contribution in [1.29, 1.82) is 0 Å². The molecule has 0 radical (unpaired) electrons. The molecule has 2 fully saturated rings. The number of hydrogen-bond acceptors (Lipinski definition) is 4. The SMILES string of the molecule is NC1CCCC(Nc2cnn(CC3CCCO3)c2)C1. The fourth-order valence-corrected chi connectivity index (χ4v) is 3.13. The summed E-state index contributed by atoms with van der Waals surface area (Å²) in [6, 6.07) is 0.859. The summed E-state index contributed by atoms with van der Waals surface area (Å²) in [5.74, 6) is 0. The zero-order valence-electron chi connectivity index (χ0n) is 11.4. The molecule has 19 heavy (non-hydrogen) atoms. The molecule has 5 nitrogen and oxygen atoms in total. The standard InChI is InChI=1S/C14H24N4O/c15-11-3-1-4-12(7-11)17-13-8-16-18(9-13)10-14-5-2-6-19-14/h8-9,11-12,14,17H,1-7,10,15H2. The molecule has 0 aromatic carbocycles. The van der Waals surface area contributed by atoms with Gasteiger partial charge in [-0.1, -0.05) is 0 Å². The van der Waals surface area contributed by atoms with Crippen LogP contribution in [0.3, 0.4) is 0 Å². The Balaban J connectivity index is 1.52. The Kier molecular flexibility index (Phi) is 4.03. The molecule has 0 bridgehead atoms. The molecular weight excluding hydrogens is 240 g/mol. The number of hydrogen-bond donors (Lipinski definition) is 2. The average Bonchev–Trinajstić information content (AvgIpc) is 3.02. The average molecular weight is 264 g/mol. The lowest BCUT2D eigenvalue weighted by molar-refractivity contribution is 0.0940. The first kappa shape index (κ1) is 12.9. The minimum Gasteiger partial charge on any atom is -0.380 e. The molecule has 106 valence electrons. The molecule has 1 saturated carbocycles. The van der Waals surface area contributed by atoms with E-state index < -0.39 is 0 Å². The van der Waals surface area contributed by atoms with Crippen LogP contribution < -0.4 is 11.1 Å². The monoisotopic (exact) mass is 264 g/mol. The number of rotatable bonds is 4. The fourth-order valence-electron chi connectivity index (χ4n) is 3.13. The second kappa shape index (κ2) is 5.92. The maximum atomic E-state index is 6.02. The van der Waals surface area contributed by atoms with Crippen LogP contribution in [0, 0.1) is 0 Å². The Morgan fingerprint density at radius 2 is 2.32 bits per heavy atom. The van der Waals surface area contributed by atoms with Crippen molar-refractivity contribution in [3.63, 3.8) is 0 Å². The number of anilines is 1.